The van der Waals surface area contributed by atoms with Gasteiger partial charge in [-0.1, -0.05) is 0 Å². The second-order valence-corrected chi connectivity index (χ2v) is 7.80. The smallest absolute Gasteiger partial charge is 0.406 e. The molecule has 0 radical (unpaired) electrons. The number of carbonyl (C=O) groups is 2. The van der Waals surface area contributed by atoms with Crippen molar-refractivity contribution in [3.63, 3.8) is 0 Å². The molecule has 0 fully saturated rings. The van der Waals surface area contributed by atoms with Gasteiger partial charge in [-0.2, -0.15) is 13.2 Å². The lowest BCUT2D eigenvalue weighted by molar-refractivity contribution is -0.141. The van der Waals surface area contributed by atoms with E-state index in [0.29, 0.717) is 29.3 Å². The third-order valence-corrected chi connectivity index (χ3v) is 4.83. The van der Waals surface area contributed by atoms with Gasteiger partial charge in [0.2, 0.25) is 5.91 Å². The maximum absolute atomic E-state index is 12.7. The topological polar surface area (TPSA) is 88.5 Å². The molecule has 3 rings (SSSR count). The number of halogens is 3. The number of nitrogens with one attached hydrogen (secondary N) is 2. The molecule has 0 unspecified atom stereocenters. The minimum atomic E-state index is -4.36. The molecule has 1 heterocycles. The van der Waals surface area contributed by atoms with Crippen molar-refractivity contribution in [2.45, 2.75) is 26.2 Å². The molecule has 186 valence electrons. The molecule has 11 heteroatoms. The molecule has 2 N–H and O–H groups in total. The molecule has 0 aliphatic rings. The number of hydrogen-bond acceptors (Lipinski definition) is 5. The number of anilines is 2. The maximum atomic E-state index is 12.7. The number of hydrogen-bond donors (Lipinski definition) is 2. The number of aromatic nitrogens is 2. The summed E-state index contributed by atoms with van der Waals surface area (Å²) in [5, 5.41) is 5.49. The third kappa shape index (κ3) is 8.14. The van der Waals surface area contributed by atoms with Crippen LogP contribution in [0, 0.1) is 0 Å². The second-order valence-electron chi connectivity index (χ2n) is 7.80. The van der Waals surface area contributed by atoms with Crippen LogP contribution in [0.15, 0.2) is 60.9 Å². The van der Waals surface area contributed by atoms with E-state index in [9.17, 15) is 22.8 Å². The quantitative estimate of drug-likeness (QED) is 0.446. The number of amides is 2. The highest BCUT2D eigenvalue weighted by Gasteiger charge is 2.29. The first kappa shape index (κ1) is 25.8. The third-order valence-electron chi connectivity index (χ3n) is 4.83. The molecule has 1 aromatic heterocycles. The Morgan fingerprint density at radius 3 is 2.29 bits per heavy atom. The van der Waals surface area contributed by atoms with E-state index in [2.05, 4.69) is 15.6 Å². The average molecular weight is 489 g/mol. The van der Waals surface area contributed by atoms with Crippen LogP contribution < -0.4 is 15.4 Å². The Kier molecular flexibility index (Phi) is 8.48. The van der Waals surface area contributed by atoms with Gasteiger partial charge in [0.15, 0.2) is 0 Å². The summed E-state index contributed by atoms with van der Waals surface area (Å²) >= 11 is 0. The van der Waals surface area contributed by atoms with E-state index in [1.165, 1.54) is 12.4 Å². The Morgan fingerprint density at radius 2 is 1.66 bits per heavy atom. The number of ether oxygens (including phenoxy) is 1. The van der Waals surface area contributed by atoms with Gasteiger partial charge in [-0.3, -0.25) is 14.5 Å². The van der Waals surface area contributed by atoms with Gasteiger partial charge >= 0.3 is 6.18 Å². The van der Waals surface area contributed by atoms with Gasteiger partial charge in [-0.05, 0) is 62.5 Å². The van der Waals surface area contributed by atoms with Crippen LogP contribution in [0.3, 0.4) is 0 Å². The molecule has 0 aliphatic heterocycles. The first-order valence-corrected chi connectivity index (χ1v) is 10.8. The van der Waals surface area contributed by atoms with E-state index in [-0.39, 0.29) is 30.7 Å². The number of nitrogens with zero attached hydrogens (tertiary/aromatic N) is 3. The molecular weight excluding hydrogens is 463 g/mol. The predicted octanol–water partition coefficient (Wildman–Crippen LogP) is 4.17. The van der Waals surface area contributed by atoms with Gasteiger partial charge in [0, 0.05) is 29.3 Å². The Bertz CT molecular complexity index is 1130. The summed E-state index contributed by atoms with van der Waals surface area (Å²) in [6, 6.07) is 13.4. The van der Waals surface area contributed by atoms with Gasteiger partial charge in [0.05, 0.1) is 19.7 Å². The van der Waals surface area contributed by atoms with Crippen LogP contribution >= 0.6 is 0 Å². The highest BCUT2D eigenvalue weighted by molar-refractivity contribution is 6.04. The fourth-order valence-electron chi connectivity index (χ4n) is 3.28. The summed E-state index contributed by atoms with van der Waals surface area (Å²) in [5.41, 5.74) is 1.51. The fraction of sp³-hybridized carbons (Fsp3) is 0.292. The van der Waals surface area contributed by atoms with E-state index in [4.69, 9.17) is 4.74 Å². The molecule has 0 saturated carbocycles. The van der Waals surface area contributed by atoms with Crippen molar-refractivity contribution >= 4 is 23.2 Å². The molecule has 2 amide bonds. The van der Waals surface area contributed by atoms with E-state index >= 15 is 0 Å². The first-order chi connectivity index (χ1) is 16.6. The summed E-state index contributed by atoms with van der Waals surface area (Å²) in [4.78, 5) is 30.3. The number of benzene rings is 2. The van der Waals surface area contributed by atoms with Crippen molar-refractivity contribution < 1.29 is 27.5 Å². The lowest BCUT2D eigenvalue weighted by Crippen LogP contribution is -2.31. The minimum Gasteiger partial charge on any atom is -0.494 e. The van der Waals surface area contributed by atoms with Crippen LogP contribution in [0.5, 0.6) is 5.75 Å². The first-order valence-electron chi connectivity index (χ1n) is 10.8. The van der Waals surface area contributed by atoms with Gasteiger partial charge < -0.3 is 19.9 Å². The Morgan fingerprint density at radius 1 is 1.03 bits per heavy atom. The van der Waals surface area contributed by atoms with Gasteiger partial charge in [0.1, 0.15) is 18.1 Å². The van der Waals surface area contributed by atoms with Crippen molar-refractivity contribution in [2.24, 2.45) is 0 Å². The highest BCUT2D eigenvalue weighted by Crippen LogP contribution is 2.19. The maximum Gasteiger partial charge on any atom is 0.406 e. The molecule has 0 saturated heterocycles. The largest absolute Gasteiger partial charge is 0.494 e. The molecule has 3 aromatic rings. The summed E-state index contributed by atoms with van der Waals surface area (Å²) < 4.78 is 44.4. The predicted molar refractivity (Wildman–Crippen MR) is 125 cm³/mol. The number of rotatable bonds is 10. The molecule has 0 atom stereocenters. The van der Waals surface area contributed by atoms with Crippen molar-refractivity contribution in [3.05, 3.63) is 72.3 Å². The van der Waals surface area contributed by atoms with Crippen molar-refractivity contribution in [3.8, 4) is 5.75 Å². The Hall–Kier alpha value is -3.86. The fourth-order valence-corrected chi connectivity index (χ4v) is 3.28. The van der Waals surface area contributed by atoms with Crippen LogP contribution in [0.2, 0.25) is 0 Å². The minimum absolute atomic E-state index is 0.0567. The highest BCUT2D eigenvalue weighted by atomic mass is 19.4. The molecule has 2 aromatic carbocycles. The average Bonchev–Trinajstić information content (AvgIpc) is 3.20. The van der Waals surface area contributed by atoms with Crippen LogP contribution in [-0.2, 0) is 17.9 Å². The standard InChI is InChI=1S/C24H26F3N5O3/c1-3-35-20-10-8-19(9-11-20)30-23(34)17-4-6-18(7-5-17)29-22(33)15-31(2)14-21-28-12-13-32(21)16-24(25,26)27/h4-13H,3,14-16H2,1-2H3,(H,29,33)(H,30,34). The van der Waals surface area contributed by atoms with Crippen LogP contribution in [0.25, 0.3) is 0 Å². The molecule has 0 aliphatic carbocycles. The van der Waals surface area contributed by atoms with Crippen molar-refractivity contribution in [1.29, 1.82) is 0 Å². The molecule has 0 bridgehead atoms. The Balaban J connectivity index is 1.49. The van der Waals surface area contributed by atoms with E-state index in [0.717, 1.165) is 4.57 Å². The van der Waals surface area contributed by atoms with E-state index in [1.54, 1.807) is 60.5 Å². The monoisotopic (exact) mass is 489 g/mol. The van der Waals surface area contributed by atoms with Crippen molar-refractivity contribution in [1.82, 2.24) is 14.5 Å². The zero-order chi connectivity index (χ0) is 25.4. The lowest BCUT2D eigenvalue weighted by Gasteiger charge is -2.17. The number of alkyl halides is 3. The summed E-state index contributed by atoms with van der Waals surface area (Å²) in [7, 11) is 1.61. The summed E-state index contributed by atoms with van der Waals surface area (Å²) in [5.74, 6) is 0.262. The van der Waals surface area contributed by atoms with Crippen LogP contribution in [-0.4, -0.2) is 52.6 Å². The van der Waals surface area contributed by atoms with Gasteiger partial charge in [0.25, 0.3) is 5.91 Å². The van der Waals surface area contributed by atoms with Gasteiger partial charge in [-0.15, -0.1) is 0 Å². The van der Waals surface area contributed by atoms with E-state index < -0.39 is 12.7 Å². The second kappa shape index (κ2) is 11.5. The summed E-state index contributed by atoms with van der Waals surface area (Å²) in [6.07, 6.45) is -1.81. The molecule has 0 spiro atoms. The van der Waals surface area contributed by atoms with Crippen LogP contribution in [0.4, 0.5) is 24.5 Å². The molecule has 35 heavy (non-hydrogen) atoms. The zero-order valence-electron chi connectivity index (χ0n) is 19.3. The van der Waals surface area contributed by atoms with Crippen LogP contribution in [0.1, 0.15) is 23.1 Å². The molecule has 8 nitrogen and oxygen atoms in total. The molecular formula is C24H26F3N5O3. The number of imidazole rings is 1. The zero-order valence-corrected chi connectivity index (χ0v) is 19.3. The lowest BCUT2D eigenvalue weighted by atomic mass is 10.2. The number of likely N-dealkylation sites (N-methyl/N-ethyl adjacent to an activating group) is 1. The number of carbonyl (C=O) groups excluding carboxylic acids is 2. The van der Waals surface area contributed by atoms with E-state index in [1.807, 2.05) is 6.92 Å². The van der Waals surface area contributed by atoms with Crippen molar-refractivity contribution in [2.75, 3.05) is 30.8 Å². The Labute approximate surface area is 200 Å². The van der Waals surface area contributed by atoms with Gasteiger partial charge in [-0.25, -0.2) is 4.98 Å². The summed E-state index contributed by atoms with van der Waals surface area (Å²) in [6.45, 7) is 1.32. The normalized spacial score (nSPS) is 11.4. The SMILES string of the molecule is CCOc1ccc(NC(=O)c2ccc(NC(=O)CN(C)Cc3nccn3CC(F)(F)F)cc2)cc1.